The minimum atomic E-state index is 0. The first-order valence-corrected chi connectivity index (χ1v) is 7.98. The fraction of sp³-hybridized carbons (Fsp3) is 0.316. The van der Waals surface area contributed by atoms with Crippen molar-refractivity contribution in [3.8, 4) is 5.75 Å². The van der Waals surface area contributed by atoms with Gasteiger partial charge in [0.15, 0.2) is 0 Å². The van der Waals surface area contributed by atoms with E-state index >= 15 is 0 Å². The quantitative estimate of drug-likeness (QED) is 0.841. The molecule has 1 amide bonds. The first-order chi connectivity index (χ1) is 11.2. The monoisotopic (exact) mass is 346 g/mol. The molecule has 0 heterocycles. The lowest BCUT2D eigenvalue weighted by molar-refractivity contribution is -0.117. The molecule has 3 rings (SSSR count). The summed E-state index contributed by atoms with van der Waals surface area (Å²) >= 11 is 0. The second kappa shape index (κ2) is 8.18. The van der Waals surface area contributed by atoms with Crippen molar-refractivity contribution in [1.29, 1.82) is 0 Å². The Labute approximate surface area is 148 Å². The minimum Gasteiger partial charge on any atom is -0.492 e. The van der Waals surface area contributed by atoms with Gasteiger partial charge in [0.05, 0.1) is 0 Å². The number of nitrogens with two attached hydrogens (primary N) is 1. The Bertz CT molecular complexity index is 688. The van der Waals surface area contributed by atoms with Crippen LogP contribution in [0.2, 0.25) is 0 Å². The van der Waals surface area contributed by atoms with Gasteiger partial charge in [0, 0.05) is 18.2 Å². The van der Waals surface area contributed by atoms with Crippen LogP contribution in [0.15, 0.2) is 48.5 Å². The molecule has 1 saturated carbocycles. The first kappa shape index (κ1) is 18.3. The van der Waals surface area contributed by atoms with Crippen molar-refractivity contribution in [1.82, 2.24) is 0 Å². The van der Waals surface area contributed by atoms with E-state index in [4.69, 9.17) is 10.5 Å². The van der Waals surface area contributed by atoms with Gasteiger partial charge in [0.25, 0.3) is 0 Å². The van der Waals surface area contributed by atoms with Crippen molar-refractivity contribution >= 4 is 24.0 Å². The molecule has 2 atom stereocenters. The Balaban J connectivity index is 0.00000208. The number of rotatable bonds is 6. The van der Waals surface area contributed by atoms with E-state index in [9.17, 15) is 4.79 Å². The van der Waals surface area contributed by atoms with E-state index in [0.29, 0.717) is 19.1 Å². The van der Waals surface area contributed by atoms with Gasteiger partial charge in [-0.1, -0.05) is 24.3 Å². The highest BCUT2D eigenvalue weighted by molar-refractivity contribution is 5.95. The molecule has 0 saturated heterocycles. The summed E-state index contributed by atoms with van der Waals surface area (Å²) in [6.45, 7) is 3.08. The molecule has 0 spiro atoms. The Morgan fingerprint density at radius 1 is 1.21 bits per heavy atom. The summed E-state index contributed by atoms with van der Waals surface area (Å²) in [6, 6.07) is 15.7. The SMILES string of the molecule is Cc1ccccc1C1CC1C(=O)Nc1ccc(OCCN)cc1.Cl. The summed E-state index contributed by atoms with van der Waals surface area (Å²) in [5.74, 6) is 1.28. The summed E-state index contributed by atoms with van der Waals surface area (Å²) in [7, 11) is 0. The molecule has 2 aromatic carbocycles. The van der Waals surface area contributed by atoms with Crippen LogP contribution in [0.25, 0.3) is 0 Å². The van der Waals surface area contributed by atoms with E-state index in [-0.39, 0.29) is 24.2 Å². The topological polar surface area (TPSA) is 64.3 Å². The van der Waals surface area contributed by atoms with Gasteiger partial charge in [0.2, 0.25) is 5.91 Å². The van der Waals surface area contributed by atoms with Crippen LogP contribution < -0.4 is 15.8 Å². The van der Waals surface area contributed by atoms with E-state index in [1.165, 1.54) is 11.1 Å². The van der Waals surface area contributed by atoms with E-state index in [0.717, 1.165) is 17.9 Å². The lowest BCUT2D eigenvalue weighted by Gasteiger charge is -2.08. The van der Waals surface area contributed by atoms with E-state index in [1.807, 2.05) is 36.4 Å². The maximum absolute atomic E-state index is 12.4. The highest BCUT2D eigenvalue weighted by Crippen LogP contribution is 2.48. The summed E-state index contributed by atoms with van der Waals surface area (Å²) in [4.78, 5) is 12.4. The van der Waals surface area contributed by atoms with Gasteiger partial charge in [-0.3, -0.25) is 4.79 Å². The van der Waals surface area contributed by atoms with Gasteiger partial charge in [-0.25, -0.2) is 0 Å². The normalized spacial score (nSPS) is 18.4. The zero-order chi connectivity index (χ0) is 16.2. The van der Waals surface area contributed by atoms with Gasteiger partial charge in [-0.2, -0.15) is 0 Å². The molecule has 0 bridgehead atoms. The molecule has 3 N–H and O–H groups in total. The predicted molar refractivity (Wildman–Crippen MR) is 98.9 cm³/mol. The molecule has 0 aromatic heterocycles. The summed E-state index contributed by atoms with van der Waals surface area (Å²) < 4.78 is 5.43. The number of hydrogen-bond donors (Lipinski definition) is 2. The van der Waals surface area contributed by atoms with Crippen LogP contribution >= 0.6 is 12.4 Å². The van der Waals surface area contributed by atoms with Crippen molar-refractivity contribution < 1.29 is 9.53 Å². The Hall–Kier alpha value is -2.04. The molecule has 2 aromatic rings. The van der Waals surface area contributed by atoms with Gasteiger partial charge < -0.3 is 15.8 Å². The van der Waals surface area contributed by atoms with Crippen LogP contribution in [0.1, 0.15) is 23.5 Å². The van der Waals surface area contributed by atoms with Crippen LogP contribution in [0, 0.1) is 12.8 Å². The maximum Gasteiger partial charge on any atom is 0.228 e. The highest BCUT2D eigenvalue weighted by atomic mass is 35.5. The molecule has 128 valence electrons. The third kappa shape index (κ3) is 4.28. The summed E-state index contributed by atoms with van der Waals surface area (Å²) in [6.07, 6.45) is 0.925. The van der Waals surface area contributed by atoms with E-state index in [1.54, 1.807) is 0 Å². The van der Waals surface area contributed by atoms with Crippen molar-refractivity contribution in [3.63, 3.8) is 0 Å². The van der Waals surface area contributed by atoms with Crippen molar-refractivity contribution in [2.45, 2.75) is 19.3 Å². The number of carbonyl (C=O) groups excluding carboxylic acids is 1. The van der Waals surface area contributed by atoms with Crippen LogP contribution in [-0.2, 0) is 4.79 Å². The van der Waals surface area contributed by atoms with Crippen LogP contribution in [0.5, 0.6) is 5.75 Å². The number of halogens is 1. The molecular weight excluding hydrogens is 324 g/mol. The number of carbonyl (C=O) groups is 1. The Kier molecular flexibility index (Phi) is 6.23. The highest BCUT2D eigenvalue weighted by Gasteiger charge is 2.44. The third-order valence-electron chi connectivity index (χ3n) is 4.22. The molecule has 4 nitrogen and oxygen atoms in total. The number of aryl methyl sites for hydroxylation is 1. The molecule has 1 aliphatic carbocycles. The van der Waals surface area contributed by atoms with Crippen LogP contribution in [-0.4, -0.2) is 19.1 Å². The maximum atomic E-state index is 12.4. The van der Waals surface area contributed by atoms with Crippen molar-refractivity contribution in [3.05, 3.63) is 59.7 Å². The zero-order valence-corrected chi connectivity index (χ0v) is 14.5. The number of benzene rings is 2. The molecule has 1 fully saturated rings. The number of nitrogens with one attached hydrogen (secondary N) is 1. The molecule has 0 aliphatic heterocycles. The van der Waals surface area contributed by atoms with E-state index < -0.39 is 0 Å². The summed E-state index contributed by atoms with van der Waals surface area (Å²) in [5, 5.41) is 2.99. The van der Waals surface area contributed by atoms with Gasteiger partial charge in [0.1, 0.15) is 12.4 Å². The minimum absolute atomic E-state index is 0. The number of anilines is 1. The summed E-state index contributed by atoms with van der Waals surface area (Å²) in [5.41, 5.74) is 8.75. The second-order valence-corrected chi connectivity index (χ2v) is 5.96. The molecule has 2 unspecified atom stereocenters. The molecule has 5 heteroatoms. The number of amides is 1. The molecular formula is C19H23ClN2O2. The van der Waals surface area contributed by atoms with Crippen molar-refractivity contribution in [2.24, 2.45) is 11.7 Å². The number of ether oxygens (including phenoxy) is 1. The molecule has 24 heavy (non-hydrogen) atoms. The Morgan fingerprint density at radius 2 is 1.92 bits per heavy atom. The van der Waals surface area contributed by atoms with Crippen LogP contribution in [0.3, 0.4) is 0 Å². The van der Waals surface area contributed by atoms with Crippen LogP contribution in [0.4, 0.5) is 5.69 Å². The zero-order valence-electron chi connectivity index (χ0n) is 13.7. The average Bonchev–Trinajstić information content (AvgIpc) is 3.35. The molecule has 1 aliphatic rings. The Morgan fingerprint density at radius 3 is 2.58 bits per heavy atom. The molecule has 0 radical (unpaired) electrons. The standard InChI is InChI=1S/C19H22N2O2.ClH/c1-13-4-2-3-5-16(13)17-12-18(17)19(22)21-14-6-8-15(9-7-14)23-11-10-20;/h2-9,17-18H,10-12,20H2,1H3,(H,21,22);1H. The predicted octanol–water partition coefficient (Wildman–Crippen LogP) is 3.50. The third-order valence-corrected chi connectivity index (χ3v) is 4.22. The van der Waals surface area contributed by atoms with Gasteiger partial charge in [-0.15, -0.1) is 12.4 Å². The van der Waals surface area contributed by atoms with Gasteiger partial charge in [-0.05, 0) is 54.7 Å². The lowest BCUT2D eigenvalue weighted by Crippen LogP contribution is -2.14. The lowest BCUT2D eigenvalue weighted by atomic mass is 10.0. The van der Waals surface area contributed by atoms with Gasteiger partial charge >= 0.3 is 0 Å². The number of hydrogen-bond acceptors (Lipinski definition) is 3. The second-order valence-electron chi connectivity index (χ2n) is 5.96. The fourth-order valence-corrected chi connectivity index (χ4v) is 2.88. The first-order valence-electron chi connectivity index (χ1n) is 7.98. The smallest absolute Gasteiger partial charge is 0.228 e. The van der Waals surface area contributed by atoms with E-state index in [2.05, 4.69) is 24.4 Å². The fourth-order valence-electron chi connectivity index (χ4n) is 2.88. The van der Waals surface area contributed by atoms with Crippen molar-refractivity contribution in [2.75, 3.05) is 18.5 Å². The average molecular weight is 347 g/mol. The largest absolute Gasteiger partial charge is 0.492 e.